The number of halogens is 1. The standard InChI is InChI=1S/C16H16ClNO4S/c1-10-4-6-12(17)9-13(10)18-16(19)11-5-7-14(22-2)15(8-11)23(3,20)21/h4-9H,1-3H3,(H,18,19). The van der Waals surface area contributed by atoms with Crippen LogP contribution in [0.2, 0.25) is 5.02 Å². The van der Waals surface area contributed by atoms with Gasteiger partial charge in [0, 0.05) is 22.5 Å². The van der Waals surface area contributed by atoms with E-state index < -0.39 is 15.7 Å². The smallest absolute Gasteiger partial charge is 0.255 e. The summed E-state index contributed by atoms with van der Waals surface area (Å²) in [6.45, 7) is 1.84. The maximum absolute atomic E-state index is 12.4. The Morgan fingerprint density at radius 3 is 2.48 bits per heavy atom. The van der Waals surface area contributed by atoms with Crippen LogP contribution in [0.25, 0.3) is 0 Å². The van der Waals surface area contributed by atoms with Crippen LogP contribution in [0, 0.1) is 6.92 Å². The van der Waals surface area contributed by atoms with E-state index in [-0.39, 0.29) is 16.2 Å². The molecule has 0 saturated heterocycles. The number of hydrogen-bond donors (Lipinski definition) is 1. The van der Waals surface area contributed by atoms with Gasteiger partial charge < -0.3 is 10.1 Å². The van der Waals surface area contributed by atoms with E-state index in [9.17, 15) is 13.2 Å². The molecule has 0 atom stereocenters. The van der Waals surface area contributed by atoms with Crippen LogP contribution >= 0.6 is 11.6 Å². The summed E-state index contributed by atoms with van der Waals surface area (Å²) in [5.74, 6) is -0.231. The Balaban J connectivity index is 2.38. The summed E-state index contributed by atoms with van der Waals surface area (Å²) < 4.78 is 28.7. The second kappa shape index (κ2) is 6.60. The largest absolute Gasteiger partial charge is 0.495 e. The second-order valence-electron chi connectivity index (χ2n) is 5.05. The second-order valence-corrected chi connectivity index (χ2v) is 7.47. The normalized spacial score (nSPS) is 11.1. The number of carbonyl (C=O) groups is 1. The number of nitrogens with one attached hydrogen (secondary N) is 1. The molecule has 23 heavy (non-hydrogen) atoms. The molecule has 2 rings (SSSR count). The summed E-state index contributed by atoms with van der Waals surface area (Å²) in [4.78, 5) is 12.3. The van der Waals surface area contributed by atoms with Crippen molar-refractivity contribution >= 4 is 33.0 Å². The van der Waals surface area contributed by atoms with Gasteiger partial charge in [0.2, 0.25) is 0 Å². The molecule has 0 fully saturated rings. The Labute approximate surface area is 140 Å². The fraction of sp³-hybridized carbons (Fsp3) is 0.188. The van der Waals surface area contributed by atoms with E-state index in [0.29, 0.717) is 10.7 Å². The topological polar surface area (TPSA) is 72.5 Å². The number of carbonyl (C=O) groups excluding carboxylic acids is 1. The molecule has 7 heteroatoms. The molecule has 122 valence electrons. The van der Waals surface area contributed by atoms with E-state index in [2.05, 4.69) is 5.32 Å². The van der Waals surface area contributed by atoms with Gasteiger partial charge in [-0.1, -0.05) is 17.7 Å². The summed E-state index contributed by atoms with van der Waals surface area (Å²) in [6.07, 6.45) is 1.06. The van der Waals surface area contributed by atoms with Crippen molar-refractivity contribution in [1.29, 1.82) is 0 Å². The van der Waals surface area contributed by atoms with Gasteiger partial charge in [0.25, 0.3) is 5.91 Å². The molecule has 1 amide bonds. The minimum Gasteiger partial charge on any atom is -0.495 e. The maximum Gasteiger partial charge on any atom is 0.255 e. The van der Waals surface area contributed by atoms with E-state index in [1.807, 2.05) is 6.92 Å². The van der Waals surface area contributed by atoms with E-state index in [1.54, 1.807) is 18.2 Å². The lowest BCUT2D eigenvalue weighted by Crippen LogP contribution is -2.14. The molecule has 2 aromatic carbocycles. The van der Waals surface area contributed by atoms with Gasteiger partial charge >= 0.3 is 0 Å². The number of ether oxygens (including phenoxy) is 1. The molecule has 0 spiro atoms. The van der Waals surface area contributed by atoms with Gasteiger partial charge in [-0.2, -0.15) is 0 Å². The summed E-state index contributed by atoms with van der Waals surface area (Å²) in [5, 5.41) is 3.22. The van der Waals surface area contributed by atoms with Gasteiger partial charge in [0.15, 0.2) is 9.84 Å². The van der Waals surface area contributed by atoms with Crippen molar-refractivity contribution in [3.63, 3.8) is 0 Å². The fourth-order valence-electron chi connectivity index (χ4n) is 2.03. The number of sulfone groups is 1. The zero-order chi connectivity index (χ0) is 17.2. The van der Waals surface area contributed by atoms with Crippen LogP contribution in [0.4, 0.5) is 5.69 Å². The van der Waals surface area contributed by atoms with E-state index in [1.165, 1.54) is 25.3 Å². The lowest BCUT2D eigenvalue weighted by molar-refractivity contribution is 0.102. The van der Waals surface area contributed by atoms with Crippen molar-refractivity contribution in [2.45, 2.75) is 11.8 Å². The van der Waals surface area contributed by atoms with Crippen LogP contribution in [-0.2, 0) is 9.84 Å². The minimum absolute atomic E-state index is 0.0320. The molecule has 2 aromatic rings. The Hall–Kier alpha value is -2.05. The Bertz CT molecular complexity index is 862. The van der Waals surface area contributed by atoms with Crippen molar-refractivity contribution in [1.82, 2.24) is 0 Å². The van der Waals surface area contributed by atoms with Crippen molar-refractivity contribution in [2.24, 2.45) is 0 Å². The molecule has 0 saturated carbocycles. The summed E-state index contributed by atoms with van der Waals surface area (Å²) >= 11 is 5.92. The molecule has 0 bridgehead atoms. The first-order valence-electron chi connectivity index (χ1n) is 6.68. The maximum atomic E-state index is 12.4. The monoisotopic (exact) mass is 353 g/mol. The molecule has 0 aliphatic carbocycles. The van der Waals surface area contributed by atoms with Crippen LogP contribution in [0.1, 0.15) is 15.9 Å². The molecule has 0 radical (unpaired) electrons. The zero-order valence-corrected chi connectivity index (χ0v) is 14.5. The van der Waals surface area contributed by atoms with E-state index in [4.69, 9.17) is 16.3 Å². The lowest BCUT2D eigenvalue weighted by Gasteiger charge is -2.11. The third-order valence-electron chi connectivity index (χ3n) is 3.27. The number of anilines is 1. The Morgan fingerprint density at radius 2 is 1.87 bits per heavy atom. The van der Waals surface area contributed by atoms with Crippen LogP contribution in [0.3, 0.4) is 0 Å². The van der Waals surface area contributed by atoms with Gasteiger partial charge in [-0.15, -0.1) is 0 Å². The molecule has 1 N–H and O–H groups in total. The summed E-state index contributed by atoms with van der Waals surface area (Å²) in [5.41, 5.74) is 1.63. The lowest BCUT2D eigenvalue weighted by atomic mass is 10.1. The molecule has 0 aliphatic heterocycles. The van der Waals surface area contributed by atoms with Gasteiger partial charge in [-0.25, -0.2) is 8.42 Å². The number of amides is 1. The fourth-order valence-corrected chi connectivity index (χ4v) is 3.06. The zero-order valence-electron chi connectivity index (χ0n) is 12.9. The average Bonchev–Trinajstić information content (AvgIpc) is 2.49. The molecular formula is C16H16ClNO4S. The number of hydrogen-bond acceptors (Lipinski definition) is 4. The molecule has 0 heterocycles. The van der Waals surface area contributed by atoms with Crippen LogP contribution in [0.15, 0.2) is 41.3 Å². The van der Waals surface area contributed by atoms with Crippen molar-refractivity contribution in [3.8, 4) is 5.75 Å². The molecule has 0 aliphatic rings. The summed E-state index contributed by atoms with van der Waals surface area (Å²) in [7, 11) is -2.14. The average molecular weight is 354 g/mol. The first-order valence-corrected chi connectivity index (χ1v) is 8.95. The third-order valence-corrected chi connectivity index (χ3v) is 4.63. The first-order chi connectivity index (χ1) is 10.7. The molecule has 0 unspecified atom stereocenters. The van der Waals surface area contributed by atoms with Gasteiger partial charge in [-0.3, -0.25) is 4.79 Å². The first kappa shape index (κ1) is 17.3. The predicted molar refractivity (Wildman–Crippen MR) is 90.2 cm³/mol. The SMILES string of the molecule is COc1ccc(C(=O)Nc2cc(Cl)ccc2C)cc1S(C)(=O)=O. The van der Waals surface area contributed by atoms with Crippen LogP contribution in [0.5, 0.6) is 5.75 Å². The molecular weight excluding hydrogens is 338 g/mol. The highest BCUT2D eigenvalue weighted by Gasteiger charge is 2.18. The molecule has 5 nitrogen and oxygen atoms in total. The number of benzene rings is 2. The van der Waals surface area contributed by atoms with Gasteiger partial charge in [-0.05, 0) is 42.8 Å². The van der Waals surface area contributed by atoms with Crippen LogP contribution < -0.4 is 10.1 Å². The summed E-state index contributed by atoms with van der Waals surface area (Å²) in [6, 6.07) is 9.40. The van der Waals surface area contributed by atoms with Crippen molar-refractivity contribution < 1.29 is 17.9 Å². The van der Waals surface area contributed by atoms with Crippen LogP contribution in [-0.4, -0.2) is 27.7 Å². The minimum atomic E-state index is -3.52. The van der Waals surface area contributed by atoms with Crippen molar-refractivity contribution in [3.05, 3.63) is 52.5 Å². The van der Waals surface area contributed by atoms with E-state index >= 15 is 0 Å². The highest BCUT2D eigenvalue weighted by atomic mass is 35.5. The number of methoxy groups -OCH3 is 1. The number of aryl methyl sites for hydroxylation is 1. The number of rotatable bonds is 4. The molecule has 0 aromatic heterocycles. The van der Waals surface area contributed by atoms with Gasteiger partial charge in [0.05, 0.1) is 7.11 Å². The predicted octanol–water partition coefficient (Wildman–Crippen LogP) is 3.31. The highest BCUT2D eigenvalue weighted by molar-refractivity contribution is 7.90. The Morgan fingerprint density at radius 1 is 1.17 bits per heavy atom. The van der Waals surface area contributed by atoms with E-state index in [0.717, 1.165) is 11.8 Å². The third kappa shape index (κ3) is 4.03. The van der Waals surface area contributed by atoms with Crippen molar-refractivity contribution in [2.75, 3.05) is 18.7 Å². The quantitative estimate of drug-likeness (QED) is 0.915. The van der Waals surface area contributed by atoms with Gasteiger partial charge in [0.1, 0.15) is 10.6 Å². The highest BCUT2D eigenvalue weighted by Crippen LogP contribution is 2.26. The Kier molecular flexibility index (Phi) is 4.97.